The van der Waals surface area contributed by atoms with Crippen molar-refractivity contribution in [1.29, 1.82) is 0 Å². The van der Waals surface area contributed by atoms with Gasteiger partial charge < -0.3 is 9.84 Å². The molecule has 0 saturated heterocycles. The van der Waals surface area contributed by atoms with Crippen molar-refractivity contribution in [2.24, 2.45) is 0 Å². The standard InChI is InChI=1S/C17H13F3O3/c18-17(19,20)14-8-6-12(7-9-14)10-15(16(21)22)23-11-13-4-2-1-3-5-13/h1-10H,11H2,(H,21,22)/b15-10-. The third kappa shape index (κ3) is 4.88. The molecule has 0 atom stereocenters. The number of carbonyl (C=O) groups is 1. The number of carboxylic acids is 1. The van der Waals surface area contributed by atoms with Gasteiger partial charge in [0.05, 0.1) is 5.56 Å². The van der Waals surface area contributed by atoms with E-state index in [0.29, 0.717) is 5.56 Å². The number of halogens is 3. The molecule has 0 unspecified atom stereocenters. The van der Waals surface area contributed by atoms with Crippen LogP contribution >= 0.6 is 0 Å². The number of carboxylic acid groups (broad SMARTS) is 1. The van der Waals surface area contributed by atoms with Gasteiger partial charge in [0.25, 0.3) is 0 Å². The highest BCUT2D eigenvalue weighted by molar-refractivity contribution is 5.89. The van der Waals surface area contributed by atoms with E-state index < -0.39 is 17.7 Å². The Morgan fingerprint density at radius 1 is 1.04 bits per heavy atom. The molecular weight excluding hydrogens is 309 g/mol. The van der Waals surface area contributed by atoms with Gasteiger partial charge in [-0.1, -0.05) is 42.5 Å². The van der Waals surface area contributed by atoms with E-state index in [9.17, 15) is 18.0 Å². The van der Waals surface area contributed by atoms with E-state index >= 15 is 0 Å². The summed E-state index contributed by atoms with van der Waals surface area (Å²) in [4.78, 5) is 11.2. The number of ether oxygens (including phenoxy) is 1. The van der Waals surface area contributed by atoms with Crippen LogP contribution in [0.3, 0.4) is 0 Å². The molecule has 0 fully saturated rings. The third-order valence-corrected chi connectivity index (χ3v) is 2.98. The monoisotopic (exact) mass is 322 g/mol. The summed E-state index contributed by atoms with van der Waals surface area (Å²) < 4.78 is 42.7. The van der Waals surface area contributed by atoms with Crippen molar-refractivity contribution in [3.63, 3.8) is 0 Å². The summed E-state index contributed by atoms with van der Waals surface area (Å²) in [5.74, 6) is -1.63. The Bertz CT molecular complexity index is 689. The predicted octanol–water partition coefficient (Wildman–Crippen LogP) is 4.35. The highest BCUT2D eigenvalue weighted by Crippen LogP contribution is 2.29. The number of hydrogen-bond donors (Lipinski definition) is 1. The first-order valence-electron chi connectivity index (χ1n) is 6.65. The average molecular weight is 322 g/mol. The number of hydrogen-bond acceptors (Lipinski definition) is 2. The molecule has 2 aromatic rings. The van der Waals surface area contributed by atoms with Crippen LogP contribution in [0.2, 0.25) is 0 Å². The summed E-state index contributed by atoms with van der Waals surface area (Å²) in [5.41, 5.74) is 0.298. The first-order chi connectivity index (χ1) is 10.9. The molecule has 23 heavy (non-hydrogen) atoms. The lowest BCUT2D eigenvalue weighted by atomic mass is 10.1. The van der Waals surface area contributed by atoms with Gasteiger partial charge in [0, 0.05) is 0 Å². The van der Waals surface area contributed by atoms with Gasteiger partial charge in [-0.3, -0.25) is 0 Å². The first-order valence-corrected chi connectivity index (χ1v) is 6.65. The van der Waals surface area contributed by atoms with Gasteiger partial charge in [-0.25, -0.2) is 4.79 Å². The van der Waals surface area contributed by atoms with Gasteiger partial charge in [0.15, 0.2) is 0 Å². The van der Waals surface area contributed by atoms with Crippen molar-refractivity contribution in [3.05, 3.63) is 77.0 Å². The molecule has 0 radical (unpaired) electrons. The van der Waals surface area contributed by atoms with Crippen LogP contribution in [-0.2, 0) is 22.3 Å². The second-order valence-electron chi connectivity index (χ2n) is 4.71. The molecule has 6 heteroatoms. The average Bonchev–Trinajstić information content (AvgIpc) is 2.51. The Hall–Kier alpha value is -2.76. The highest BCUT2D eigenvalue weighted by atomic mass is 19.4. The topological polar surface area (TPSA) is 46.5 Å². The van der Waals surface area contributed by atoms with Gasteiger partial charge in [-0.05, 0) is 29.3 Å². The van der Waals surface area contributed by atoms with Crippen molar-refractivity contribution in [2.75, 3.05) is 0 Å². The number of benzene rings is 2. The summed E-state index contributed by atoms with van der Waals surface area (Å²) in [5, 5.41) is 9.12. The minimum Gasteiger partial charge on any atom is -0.482 e. The summed E-state index contributed by atoms with van der Waals surface area (Å²) in [6.07, 6.45) is -3.24. The predicted molar refractivity (Wildman–Crippen MR) is 78.3 cm³/mol. The van der Waals surface area contributed by atoms with Crippen LogP contribution in [0.5, 0.6) is 0 Å². The maximum absolute atomic E-state index is 12.5. The summed E-state index contributed by atoms with van der Waals surface area (Å²) >= 11 is 0. The lowest BCUT2D eigenvalue weighted by Crippen LogP contribution is -2.06. The van der Waals surface area contributed by atoms with Crippen LogP contribution in [0.15, 0.2) is 60.4 Å². The number of aliphatic carboxylic acids is 1. The Labute approximate surface area is 130 Å². The zero-order chi connectivity index (χ0) is 16.9. The Balaban J connectivity index is 2.14. The van der Waals surface area contributed by atoms with Crippen molar-refractivity contribution >= 4 is 12.0 Å². The molecule has 3 nitrogen and oxygen atoms in total. The van der Waals surface area contributed by atoms with Crippen LogP contribution < -0.4 is 0 Å². The SMILES string of the molecule is O=C(O)/C(=C/c1ccc(C(F)(F)F)cc1)OCc1ccccc1. The summed E-state index contributed by atoms with van der Waals surface area (Å²) in [6.45, 7) is 0.0552. The normalized spacial score (nSPS) is 12.0. The molecule has 1 N–H and O–H groups in total. The van der Waals surface area contributed by atoms with E-state index in [2.05, 4.69) is 0 Å². The zero-order valence-electron chi connectivity index (χ0n) is 11.9. The highest BCUT2D eigenvalue weighted by Gasteiger charge is 2.29. The van der Waals surface area contributed by atoms with Crippen molar-refractivity contribution in [1.82, 2.24) is 0 Å². The van der Waals surface area contributed by atoms with Crippen molar-refractivity contribution in [2.45, 2.75) is 12.8 Å². The molecule has 2 aromatic carbocycles. The zero-order valence-corrected chi connectivity index (χ0v) is 11.9. The van der Waals surface area contributed by atoms with Crippen molar-refractivity contribution in [3.8, 4) is 0 Å². The first kappa shape index (κ1) is 16.6. The molecule has 0 aliphatic carbocycles. The van der Waals surface area contributed by atoms with E-state index in [1.807, 2.05) is 6.07 Å². The smallest absolute Gasteiger partial charge is 0.416 e. The number of alkyl halides is 3. The molecule has 0 spiro atoms. The van der Waals surface area contributed by atoms with Crippen LogP contribution in [0.25, 0.3) is 6.08 Å². The third-order valence-electron chi connectivity index (χ3n) is 2.98. The second-order valence-corrected chi connectivity index (χ2v) is 4.71. The molecule has 0 aromatic heterocycles. The fourth-order valence-electron chi connectivity index (χ4n) is 1.82. The van der Waals surface area contributed by atoms with Gasteiger partial charge >= 0.3 is 12.1 Å². The molecule has 0 bridgehead atoms. The minimum atomic E-state index is -4.43. The largest absolute Gasteiger partial charge is 0.482 e. The minimum absolute atomic E-state index is 0.0552. The van der Waals surface area contributed by atoms with Crippen LogP contribution in [0.4, 0.5) is 13.2 Å². The maximum Gasteiger partial charge on any atom is 0.416 e. The fourth-order valence-corrected chi connectivity index (χ4v) is 1.82. The van der Waals surface area contributed by atoms with Crippen LogP contribution in [0, 0.1) is 0 Å². The molecule has 120 valence electrons. The number of rotatable bonds is 5. The fraction of sp³-hybridized carbons (Fsp3) is 0.118. The maximum atomic E-state index is 12.5. The van der Waals surface area contributed by atoms with Crippen LogP contribution in [0.1, 0.15) is 16.7 Å². The molecular formula is C17H13F3O3. The summed E-state index contributed by atoms with van der Waals surface area (Å²) in [7, 11) is 0. The van der Waals surface area contributed by atoms with Crippen LogP contribution in [-0.4, -0.2) is 11.1 Å². The lowest BCUT2D eigenvalue weighted by Gasteiger charge is -2.08. The van der Waals surface area contributed by atoms with E-state index in [1.165, 1.54) is 18.2 Å². The molecule has 0 heterocycles. The second kappa shape index (κ2) is 7.00. The molecule has 2 rings (SSSR count). The van der Waals surface area contributed by atoms with Crippen molar-refractivity contribution < 1.29 is 27.8 Å². The summed E-state index contributed by atoms with van der Waals surface area (Å²) in [6, 6.07) is 13.1. The van der Waals surface area contributed by atoms with Gasteiger partial charge in [-0.15, -0.1) is 0 Å². The van der Waals surface area contributed by atoms with Gasteiger partial charge in [-0.2, -0.15) is 13.2 Å². The Morgan fingerprint density at radius 2 is 1.65 bits per heavy atom. The quantitative estimate of drug-likeness (QED) is 0.657. The van der Waals surface area contributed by atoms with E-state index in [1.54, 1.807) is 24.3 Å². The molecule has 0 aliphatic heterocycles. The van der Waals surface area contributed by atoms with Gasteiger partial charge in [0.2, 0.25) is 5.76 Å². The van der Waals surface area contributed by atoms with E-state index in [4.69, 9.17) is 9.84 Å². The Morgan fingerprint density at radius 3 is 2.17 bits per heavy atom. The molecule has 0 aliphatic rings. The van der Waals surface area contributed by atoms with Gasteiger partial charge in [0.1, 0.15) is 6.61 Å². The Kier molecular flexibility index (Phi) is 5.05. The lowest BCUT2D eigenvalue weighted by molar-refractivity contribution is -0.138. The molecule has 0 saturated carbocycles. The van der Waals surface area contributed by atoms with E-state index in [-0.39, 0.29) is 12.4 Å². The molecule has 0 amide bonds. The van der Waals surface area contributed by atoms with E-state index in [0.717, 1.165) is 17.7 Å².